The van der Waals surface area contributed by atoms with Crippen LogP contribution in [0.5, 0.6) is 0 Å². The van der Waals surface area contributed by atoms with E-state index in [0.717, 1.165) is 32.1 Å². The molecule has 2 aliphatic rings. The van der Waals surface area contributed by atoms with Gasteiger partial charge in [-0.05, 0) is 19.3 Å². The molecule has 0 bridgehead atoms. The van der Waals surface area contributed by atoms with E-state index in [1.807, 2.05) is 6.92 Å². The fourth-order valence-electron chi connectivity index (χ4n) is 2.80. The molecule has 0 aromatic rings. The van der Waals surface area contributed by atoms with Crippen LogP contribution in [0, 0.1) is 5.41 Å². The average molecular weight is 251 g/mol. The zero-order valence-electron chi connectivity index (χ0n) is 10.9. The van der Waals surface area contributed by atoms with E-state index in [-0.39, 0.29) is 17.9 Å². The summed E-state index contributed by atoms with van der Waals surface area (Å²) >= 11 is 0. The van der Waals surface area contributed by atoms with Crippen LogP contribution in [0.4, 0.5) is 0 Å². The predicted octanol–water partition coefficient (Wildman–Crippen LogP) is 1.12. The van der Waals surface area contributed by atoms with Gasteiger partial charge in [-0.15, -0.1) is 0 Å². The van der Waals surface area contributed by atoms with Gasteiger partial charge >= 0.3 is 0 Å². The van der Waals surface area contributed by atoms with Gasteiger partial charge in [0.25, 0.3) is 5.91 Å². The summed E-state index contributed by atoms with van der Waals surface area (Å²) in [6.07, 6.45) is 5.80. The third-order valence-corrected chi connectivity index (χ3v) is 3.97. The lowest BCUT2D eigenvalue weighted by Gasteiger charge is -2.36. The van der Waals surface area contributed by atoms with Gasteiger partial charge in [-0.2, -0.15) is 4.99 Å². The zero-order chi connectivity index (χ0) is 13.2. The molecule has 1 aliphatic carbocycles. The van der Waals surface area contributed by atoms with Crippen LogP contribution in [-0.2, 0) is 9.59 Å². The van der Waals surface area contributed by atoms with E-state index in [9.17, 15) is 9.59 Å². The van der Waals surface area contributed by atoms with Crippen LogP contribution in [0.2, 0.25) is 0 Å². The molecule has 2 amide bonds. The van der Waals surface area contributed by atoms with Gasteiger partial charge in [0.15, 0.2) is 0 Å². The van der Waals surface area contributed by atoms with Crippen molar-refractivity contribution < 1.29 is 9.59 Å². The second-order valence-electron chi connectivity index (χ2n) is 5.29. The van der Waals surface area contributed by atoms with Crippen LogP contribution in [0.25, 0.3) is 0 Å². The van der Waals surface area contributed by atoms with E-state index < -0.39 is 5.41 Å². The van der Waals surface area contributed by atoms with Crippen LogP contribution in [0.1, 0.15) is 51.9 Å². The first kappa shape index (κ1) is 13.2. The Labute approximate surface area is 107 Å². The van der Waals surface area contributed by atoms with E-state index in [2.05, 4.69) is 10.3 Å². The highest BCUT2D eigenvalue weighted by atomic mass is 16.2. The Kier molecular flexibility index (Phi) is 3.80. The number of hydrogen-bond acceptors (Lipinski definition) is 3. The molecule has 18 heavy (non-hydrogen) atoms. The lowest BCUT2D eigenvalue weighted by molar-refractivity contribution is -0.144. The SMILES string of the molecule is CCCC(N)C1=NC(=O)C2(CCCCC2)C(=O)N1. The number of amides is 2. The molecule has 1 spiro atoms. The smallest absolute Gasteiger partial charge is 0.263 e. The molecule has 1 atom stereocenters. The van der Waals surface area contributed by atoms with Crippen molar-refractivity contribution in [3.63, 3.8) is 0 Å². The molecule has 1 unspecified atom stereocenters. The van der Waals surface area contributed by atoms with E-state index >= 15 is 0 Å². The minimum atomic E-state index is -0.895. The lowest BCUT2D eigenvalue weighted by Crippen LogP contribution is -2.57. The molecule has 0 radical (unpaired) electrons. The van der Waals surface area contributed by atoms with Crippen molar-refractivity contribution in [2.45, 2.75) is 57.9 Å². The van der Waals surface area contributed by atoms with Crippen LogP contribution in [0.3, 0.4) is 0 Å². The molecule has 5 nitrogen and oxygen atoms in total. The van der Waals surface area contributed by atoms with Gasteiger partial charge in [-0.25, -0.2) is 0 Å². The normalized spacial score (nSPS) is 24.7. The molecule has 0 saturated heterocycles. The minimum absolute atomic E-state index is 0.191. The number of amidine groups is 1. The summed E-state index contributed by atoms with van der Waals surface area (Å²) in [4.78, 5) is 28.5. The number of carbonyl (C=O) groups excluding carboxylic acids is 2. The van der Waals surface area contributed by atoms with Gasteiger partial charge in [0.1, 0.15) is 11.3 Å². The fourth-order valence-corrected chi connectivity index (χ4v) is 2.80. The van der Waals surface area contributed by atoms with Crippen molar-refractivity contribution in [2.24, 2.45) is 16.1 Å². The minimum Gasteiger partial charge on any atom is -0.321 e. The summed E-state index contributed by atoms with van der Waals surface area (Å²) in [5, 5.41) is 2.76. The van der Waals surface area contributed by atoms with E-state index in [1.54, 1.807) is 0 Å². The summed E-state index contributed by atoms with van der Waals surface area (Å²) in [6, 6.07) is -0.344. The number of aliphatic imine (C=N–C) groups is 1. The van der Waals surface area contributed by atoms with Gasteiger partial charge in [0, 0.05) is 0 Å². The Morgan fingerprint density at radius 1 is 1.33 bits per heavy atom. The number of rotatable bonds is 3. The average Bonchev–Trinajstić information content (AvgIpc) is 2.37. The van der Waals surface area contributed by atoms with Crippen LogP contribution < -0.4 is 11.1 Å². The third kappa shape index (κ3) is 2.19. The molecule has 1 fully saturated rings. The Morgan fingerprint density at radius 2 is 2.00 bits per heavy atom. The first-order valence-electron chi connectivity index (χ1n) is 6.80. The first-order chi connectivity index (χ1) is 8.60. The highest BCUT2D eigenvalue weighted by Crippen LogP contribution is 2.39. The molecular weight excluding hydrogens is 230 g/mol. The Bertz CT molecular complexity index is 384. The zero-order valence-corrected chi connectivity index (χ0v) is 10.9. The van der Waals surface area contributed by atoms with Gasteiger partial charge < -0.3 is 11.1 Å². The maximum atomic E-state index is 12.2. The first-order valence-corrected chi connectivity index (χ1v) is 6.80. The number of hydrogen-bond donors (Lipinski definition) is 2. The van der Waals surface area contributed by atoms with Crippen molar-refractivity contribution >= 4 is 17.6 Å². The molecule has 1 heterocycles. The number of nitrogens with one attached hydrogen (secondary N) is 1. The largest absolute Gasteiger partial charge is 0.321 e. The molecule has 5 heteroatoms. The predicted molar refractivity (Wildman–Crippen MR) is 69.0 cm³/mol. The topological polar surface area (TPSA) is 84.5 Å². The van der Waals surface area contributed by atoms with Crippen molar-refractivity contribution in [2.75, 3.05) is 0 Å². The summed E-state index contributed by atoms with van der Waals surface area (Å²) in [5.41, 5.74) is 5.01. The summed E-state index contributed by atoms with van der Waals surface area (Å²) in [5.74, 6) is -0.126. The monoisotopic (exact) mass is 251 g/mol. The van der Waals surface area contributed by atoms with Crippen molar-refractivity contribution in [3.8, 4) is 0 Å². The standard InChI is InChI=1S/C13H21N3O2/c1-2-6-9(14)10-15-11(17)13(12(18)16-10)7-4-3-5-8-13/h9H,2-8,14H2,1H3,(H,15,16,17,18). The third-order valence-electron chi connectivity index (χ3n) is 3.97. The molecule has 1 aliphatic heterocycles. The molecule has 0 aromatic heterocycles. The van der Waals surface area contributed by atoms with Crippen molar-refractivity contribution in [1.82, 2.24) is 5.32 Å². The molecule has 0 aromatic carbocycles. The molecule has 100 valence electrons. The second kappa shape index (κ2) is 5.18. The summed E-state index contributed by atoms with van der Waals surface area (Å²) in [6.45, 7) is 2.01. The number of carbonyl (C=O) groups is 2. The van der Waals surface area contributed by atoms with Gasteiger partial charge in [0.2, 0.25) is 5.91 Å². The van der Waals surface area contributed by atoms with E-state index in [0.29, 0.717) is 18.7 Å². The summed E-state index contributed by atoms with van der Waals surface area (Å²) < 4.78 is 0. The molecule has 1 saturated carbocycles. The fraction of sp³-hybridized carbons (Fsp3) is 0.769. The molecular formula is C13H21N3O2. The Morgan fingerprint density at radius 3 is 2.56 bits per heavy atom. The van der Waals surface area contributed by atoms with Crippen molar-refractivity contribution in [3.05, 3.63) is 0 Å². The Hall–Kier alpha value is -1.23. The molecule has 2 rings (SSSR count). The Balaban J connectivity index is 2.20. The number of nitrogens with two attached hydrogens (primary N) is 1. The van der Waals surface area contributed by atoms with Crippen LogP contribution >= 0.6 is 0 Å². The highest BCUT2D eigenvalue weighted by molar-refractivity contribution is 6.19. The van der Waals surface area contributed by atoms with E-state index in [1.165, 1.54) is 0 Å². The quantitative estimate of drug-likeness (QED) is 0.737. The van der Waals surface area contributed by atoms with Crippen molar-refractivity contribution in [1.29, 1.82) is 0 Å². The maximum Gasteiger partial charge on any atom is 0.263 e. The number of nitrogens with zero attached hydrogens (tertiary/aromatic N) is 1. The van der Waals surface area contributed by atoms with E-state index in [4.69, 9.17) is 5.73 Å². The van der Waals surface area contributed by atoms with Gasteiger partial charge in [-0.1, -0.05) is 32.6 Å². The summed E-state index contributed by atoms with van der Waals surface area (Å²) in [7, 11) is 0. The second-order valence-corrected chi connectivity index (χ2v) is 5.29. The van der Waals surface area contributed by atoms with Gasteiger partial charge in [0.05, 0.1) is 6.04 Å². The maximum absolute atomic E-state index is 12.2. The van der Waals surface area contributed by atoms with Crippen LogP contribution in [0.15, 0.2) is 4.99 Å². The lowest BCUT2D eigenvalue weighted by atomic mass is 9.72. The van der Waals surface area contributed by atoms with Gasteiger partial charge in [-0.3, -0.25) is 9.59 Å². The van der Waals surface area contributed by atoms with Crippen LogP contribution in [-0.4, -0.2) is 23.7 Å². The highest BCUT2D eigenvalue weighted by Gasteiger charge is 2.49. The molecule has 3 N–H and O–H groups in total.